The lowest BCUT2D eigenvalue weighted by atomic mass is 10.1. The van der Waals surface area contributed by atoms with Gasteiger partial charge in [-0.2, -0.15) is 0 Å². The topological polar surface area (TPSA) is 77.4 Å². The largest absolute Gasteiger partial charge is 0.388 e. The lowest BCUT2D eigenvalue weighted by molar-refractivity contribution is -0.280. The fraction of sp³-hybridized carbons (Fsp3) is 1.00. The van der Waals surface area contributed by atoms with E-state index in [9.17, 15) is 10.2 Å². The van der Waals surface area contributed by atoms with E-state index in [2.05, 4.69) is 4.74 Å². The molecular formula is C8H16O6. The van der Waals surface area contributed by atoms with Crippen molar-refractivity contribution in [1.29, 1.82) is 0 Å². The summed E-state index contributed by atoms with van der Waals surface area (Å²) in [7, 11) is 2.88. The molecule has 6 nitrogen and oxygen atoms in total. The molecule has 0 aromatic heterocycles. The second-order valence-electron chi connectivity index (χ2n) is 3.03. The van der Waals surface area contributed by atoms with Crippen molar-refractivity contribution in [1.82, 2.24) is 0 Å². The van der Waals surface area contributed by atoms with Crippen molar-refractivity contribution in [2.24, 2.45) is 0 Å². The van der Waals surface area contributed by atoms with Crippen LogP contribution >= 0.6 is 0 Å². The summed E-state index contributed by atoms with van der Waals surface area (Å²) in [5, 5.41) is 19.1. The van der Waals surface area contributed by atoms with E-state index in [0.29, 0.717) is 0 Å². The first-order valence-corrected chi connectivity index (χ1v) is 4.31. The SMILES string of the molecule is COCO[C@@H]1[C@@H](O)[C@H](OC)OC[C@H]1O. The van der Waals surface area contributed by atoms with Gasteiger partial charge in [-0.15, -0.1) is 0 Å². The summed E-state index contributed by atoms with van der Waals surface area (Å²) < 4.78 is 19.7. The maximum absolute atomic E-state index is 9.64. The molecule has 1 aliphatic heterocycles. The number of aliphatic hydroxyl groups is 2. The second-order valence-corrected chi connectivity index (χ2v) is 3.03. The Labute approximate surface area is 82.3 Å². The standard InChI is InChI=1S/C8H16O6/c1-11-4-14-7-5(9)3-13-8(12-2)6(7)10/h5-10H,3-4H2,1-2H3/t5-,6-,7+,8-/m1/s1. The van der Waals surface area contributed by atoms with Gasteiger partial charge in [-0.25, -0.2) is 0 Å². The number of methoxy groups -OCH3 is 2. The van der Waals surface area contributed by atoms with Crippen LogP contribution in [0.3, 0.4) is 0 Å². The summed E-state index contributed by atoms with van der Waals surface area (Å²) in [4.78, 5) is 0. The van der Waals surface area contributed by atoms with Crippen LogP contribution in [0.25, 0.3) is 0 Å². The van der Waals surface area contributed by atoms with Crippen molar-refractivity contribution >= 4 is 0 Å². The molecule has 0 aromatic rings. The van der Waals surface area contributed by atoms with Gasteiger partial charge in [0.2, 0.25) is 0 Å². The smallest absolute Gasteiger partial charge is 0.185 e. The van der Waals surface area contributed by atoms with Gasteiger partial charge < -0.3 is 29.2 Å². The van der Waals surface area contributed by atoms with Gasteiger partial charge in [0.15, 0.2) is 6.29 Å². The highest BCUT2D eigenvalue weighted by Gasteiger charge is 2.39. The number of rotatable bonds is 4. The van der Waals surface area contributed by atoms with Gasteiger partial charge in [0.1, 0.15) is 25.1 Å². The van der Waals surface area contributed by atoms with Crippen LogP contribution in [0.4, 0.5) is 0 Å². The van der Waals surface area contributed by atoms with Crippen molar-refractivity contribution in [2.75, 3.05) is 27.6 Å². The van der Waals surface area contributed by atoms with Gasteiger partial charge >= 0.3 is 0 Å². The summed E-state index contributed by atoms with van der Waals surface area (Å²) in [5.74, 6) is 0. The van der Waals surface area contributed by atoms with Crippen LogP contribution in [0.1, 0.15) is 0 Å². The minimum absolute atomic E-state index is 0.00915. The minimum atomic E-state index is -1.01. The molecule has 0 spiro atoms. The van der Waals surface area contributed by atoms with E-state index >= 15 is 0 Å². The molecule has 14 heavy (non-hydrogen) atoms. The molecule has 1 saturated heterocycles. The van der Waals surface area contributed by atoms with Crippen LogP contribution in [0.15, 0.2) is 0 Å². The monoisotopic (exact) mass is 208 g/mol. The van der Waals surface area contributed by atoms with Crippen molar-refractivity contribution in [2.45, 2.75) is 24.6 Å². The highest BCUT2D eigenvalue weighted by Crippen LogP contribution is 2.18. The van der Waals surface area contributed by atoms with Gasteiger partial charge in [0, 0.05) is 14.2 Å². The van der Waals surface area contributed by atoms with E-state index in [-0.39, 0.29) is 13.4 Å². The maximum Gasteiger partial charge on any atom is 0.185 e. The van der Waals surface area contributed by atoms with E-state index in [1.807, 2.05) is 0 Å². The minimum Gasteiger partial charge on any atom is -0.388 e. The third kappa shape index (κ3) is 2.63. The summed E-state index contributed by atoms with van der Waals surface area (Å²) in [5.41, 5.74) is 0. The Bertz CT molecular complexity index is 164. The van der Waals surface area contributed by atoms with E-state index in [4.69, 9.17) is 14.2 Å². The van der Waals surface area contributed by atoms with Gasteiger partial charge in [-0.3, -0.25) is 0 Å². The maximum atomic E-state index is 9.64. The highest BCUT2D eigenvalue weighted by atomic mass is 16.7. The lowest BCUT2D eigenvalue weighted by Gasteiger charge is -2.36. The highest BCUT2D eigenvalue weighted by molar-refractivity contribution is 4.83. The molecule has 4 atom stereocenters. The average molecular weight is 208 g/mol. The Balaban J connectivity index is 2.49. The van der Waals surface area contributed by atoms with Crippen LogP contribution in [0, 0.1) is 0 Å². The van der Waals surface area contributed by atoms with Crippen LogP contribution in [0.2, 0.25) is 0 Å². The summed E-state index contributed by atoms with van der Waals surface area (Å²) in [6.07, 6.45) is -3.39. The predicted octanol–water partition coefficient (Wildman–Crippen LogP) is -1.30. The van der Waals surface area contributed by atoms with Crippen LogP contribution in [0.5, 0.6) is 0 Å². The summed E-state index contributed by atoms with van der Waals surface area (Å²) in [6, 6.07) is 0. The normalized spacial score (nSPS) is 38.6. The quantitative estimate of drug-likeness (QED) is 0.559. The van der Waals surface area contributed by atoms with Crippen LogP contribution < -0.4 is 0 Å². The fourth-order valence-electron chi connectivity index (χ4n) is 1.33. The van der Waals surface area contributed by atoms with E-state index in [0.717, 1.165) is 0 Å². The second kappa shape index (κ2) is 5.59. The molecular weight excluding hydrogens is 192 g/mol. The summed E-state index contributed by atoms with van der Waals surface area (Å²) >= 11 is 0. The average Bonchev–Trinajstić information content (AvgIpc) is 2.18. The third-order valence-electron chi connectivity index (χ3n) is 2.04. The fourth-order valence-corrected chi connectivity index (χ4v) is 1.33. The first-order valence-electron chi connectivity index (χ1n) is 4.31. The molecule has 0 bridgehead atoms. The Morgan fingerprint density at radius 2 is 2.07 bits per heavy atom. The van der Waals surface area contributed by atoms with Gasteiger partial charge in [0.25, 0.3) is 0 Å². The first-order chi connectivity index (χ1) is 6.70. The molecule has 0 aliphatic carbocycles. The Morgan fingerprint density at radius 1 is 1.36 bits per heavy atom. The number of hydrogen-bond acceptors (Lipinski definition) is 6. The van der Waals surface area contributed by atoms with Crippen molar-refractivity contribution in [3.05, 3.63) is 0 Å². The van der Waals surface area contributed by atoms with Gasteiger partial charge in [0.05, 0.1) is 6.61 Å². The van der Waals surface area contributed by atoms with Crippen LogP contribution in [-0.2, 0) is 18.9 Å². The molecule has 0 radical (unpaired) electrons. The van der Waals surface area contributed by atoms with E-state index in [1.165, 1.54) is 14.2 Å². The molecule has 1 rings (SSSR count). The summed E-state index contributed by atoms with van der Waals surface area (Å²) in [6.45, 7) is 0.0825. The molecule has 6 heteroatoms. The first kappa shape index (κ1) is 11.8. The molecule has 0 amide bonds. The van der Waals surface area contributed by atoms with Crippen molar-refractivity contribution < 1.29 is 29.2 Å². The zero-order chi connectivity index (χ0) is 10.6. The molecule has 84 valence electrons. The molecule has 2 N–H and O–H groups in total. The van der Waals surface area contributed by atoms with Crippen molar-refractivity contribution in [3.63, 3.8) is 0 Å². The van der Waals surface area contributed by atoms with Crippen LogP contribution in [-0.4, -0.2) is 62.4 Å². The zero-order valence-corrected chi connectivity index (χ0v) is 8.25. The Hall–Kier alpha value is -0.240. The molecule has 0 unspecified atom stereocenters. The van der Waals surface area contributed by atoms with Gasteiger partial charge in [-0.05, 0) is 0 Å². The molecule has 1 heterocycles. The van der Waals surface area contributed by atoms with E-state index < -0.39 is 24.6 Å². The Morgan fingerprint density at radius 3 is 2.64 bits per heavy atom. The lowest BCUT2D eigenvalue weighted by Crippen LogP contribution is -2.54. The molecule has 0 aromatic carbocycles. The number of aliphatic hydroxyl groups excluding tert-OH is 2. The molecule has 0 saturated carbocycles. The molecule has 1 fully saturated rings. The van der Waals surface area contributed by atoms with Crippen molar-refractivity contribution in [3.8, 4) is 0 Å². The van der Waals surface area contributed by atoms with Gasteiger partial charge in [-0.1, -0.05) is 0 Å². The Kier molecular flexibility index (Phi) is 4.73. The van der Waals surface area contributed by atoms with E-state index in [1.54, 1.807) is 0 Å². The number of hydrogen-bond donors (Lipinski definition) is 2. The predicted molar refractivity (Wildman–Crippen MR) is 45.5 cm³/mol. The third-order valence-corrected chi connectivity index (χ3v) is 2.04. The zero-order valence-electron chi connectivity index (χ0n) is 8.25. The number of ether oxygens (including phenoxy) is 4. The molecule has 1 aliphatic rings.